The van der Waals surface area contributed by atoms with Gasteiger partial charge in [-0.15, -0.1) is 0 Å². The number of halogens is 1. The van der Waals surface area contributed by atoms with Crippen LogP contribution in [0.4, 0.5) is 0 Å². The van der Waals surface area contributed by atoms with Gasteiger partial charge in [0.2, 0.25) is 0 Å². The van der Waals surface area contributed by atoms with Gasteiger partial charge in [0.05, 0.1) is 6.04 Å². The first-order valence-corrected chi connectivity index (χ1v) is 6.62. The normalized spacial score (nSPS) is 12.4. The summed E-state index contributed by atoms with van der Waals surface area (Å²) in [5.41, 5.74) is 6.26. The number of nitrogens with zero attached hydrogens (tertiary/aromatic N) is 1. The Balaban J connectivity index is 2.20. The van der Waals surface area contributed by atoms with Gasteiger partial charge >= 0.3 is 0 Å². The van der Waals surface area contributed by atoms with Crippen molar-refractivity contribution in [2.24, 2.45) is 5.84 Å². The molecule has 2 rings (SSSR count). The molecule has 0 aliphatic rings. The van der Waals surface area contributed by atoms with Gasteiger partial charge < -0.3 is 0 Å². The summed E-state index contributed by atoms with van der Waals surface area (Å²) in [6.45, 7) is 2.00. The van der Waals surface area contributed by atoms with E-state index in [1.807, 2.05) is 25.1 Å². The van der Waals surface area contributed by atoms with E-state index < -0.39 is 0 Å². The van der Waals surface area contributed by atoms with E-state index in [0.29, 0.717) is 0 Å². The third-order valence-electron chi connectivity index (χ3n) is 2.98. The fourth-order valence-electron chi connectivity index (χ4n) is 1.98. The minimum Gasteiger partial charge on any atom is -0.271 e. The smallest absolute Gasteiger partial charge is 0.0518 e. The van der Waals surface area contributed by atoms with Gasteiger partial charge in [0.15, 0.2) is 0 Å². The summed E-state index contributed by atoms with van der Waals surface area (Å²) in [4.78, 5) is 4.30. The highest BCUT2D eigenvalue weighted by atomic mass is 79.9. The lowest BCUT2D eigenvalue weighted by Crippen LogP contribution is -2.30. The topological polar surface area (TPSA) is 50.9 Å². The molecule has 0 saturated carbocycles. The molecule has 0 bridgehead atoms. The summed E-state index contributed by atoms with van der Waals surface area (Å²) >= 11 is 3.43. The predicted octanol–water partition coefficient (Wildman–Crippen LogP) is 2.90. The molecule has 0 spiro atoms. The number of nitrogens with one attached hydrogen (secondary N) is 1. The molecule has 0 fully saturated rings. The third kappa shape index (κ3) is 3.16. The van der Waals surface area contributed by atoms with Crippen LogP contribution in [0.1, 0.15) is 22.9 Å². The van der Waals surface area contributed by atoms with Crippen molar-refractivity contribution in [1.82, 2.24) is 10.4 Å². The third-order valence-corrected chi connectivity index (χ3v) is 3.51. The lowest BCUT2D eigenvalue weighted by atomic mass is 9.98. The molecule has 0 amide bonds. The van der Waals surface area contributed by atoms with Crippen LogP contribution in [0.3, 0.4) is 0 Å². The van der Waals surface area contributed by atoms with Crippen LogP contribution >= 0.6 is 15.9 Å². The number of hydrogen-bond acceptors (Lipinski definition) is 3. The summed E-state index contributed by atoms with van der Waals surface area (Å²) < 4.78 is 1.08. The van der Waals surface area contributed by atoms with E-state index in [1.54, 1.807) is 6.20 Å². The second kappa shape index (κ2) is 6.09. The highest BCUT2D eigenvalue weighted by Crippen LogP contribution is 2.20. The monoisotopic (exact) mass is 305 g/mol. The Morgan fingerprint density at radius 1 is 1.28 bits per heavy atom. The molecule has 1 aromatic heterocycles. The Hall–Kier alpha value is -1.23. The molecule has 0 aliphatic heterocycles. The molecule has 3 nitrogen and oxygen atoms in total. The Kier molecular flexibility index (Phi) is 4.47. The quantitative estimate of drug-likeness (QED) is 0.674. The first-order chi connectivity index (χ1) is 8.70. The summed E-state index contributed by atoms with van der Waals surface area (Å²) in [5.74, 6) is 5.66. The molecule has 1 atom stereocenters. The number of hydrogen-bond donors (Lipinski definition) is 2. The highest BCUT2D eigenvalue weighted by Gasteiger charge is 2.13. The second-order valence-electron chi connectivity index (χ2n) is 4.23. The van der Waals surface area contributed by atoms with E-state index in [1.165, 1.54) is 5.56 Å². The maximum absolute atomic E-state index is 5.66. The lowest BCUT2D eigenvalue weighted by Gasteiger charge is -2.18. The highest BCUT2D eigenvalue weighted by molar-refractivity contribution is 9.10. The van der Waals surface area contributed by atoms with Crippen LogP contribution in [0.15, 0.2) is 47.1 Å². The fraction of sp³-hybridized carbons (Fsp3) is 0.214. The van der Waals surface area contributed by atoms with E-state index in [0.717, 1.165) is 22.2 Å². The van der Waals surface area contributed by atoms with Gasteiger partial charge in [-0.1, -0.05) is 34.1 Å². The van der Waals surface area contributed by atoms with E-state index in [9.17, 15) is 0 Å². The summed E-state index contributed by atoms with van der Waals surface area (Å²) in [7, 11) is 0. The van der Waals surface area contributed by atoms with E-state index in [4.69, 9.17) is 5.84 Å². The molecule has 0 radical (unpaired) electrons. The van der Waals surface area contributed by atoms with E-state index >= 15 is 0 Å². The molecule has 1 unspecified atom stereocenters. The average molecular weight is 306 g/mol. The Labute approximate surface area is 116 Å². The van der Waals surface area contributed by atoms with Gasteiger partial charge in [-0.25, -0.2) is 0 Å². The molecule has 2 aromatic rings. The zero-order chi connectivity index (χ0) is 13.0. The Bertz CT molecular complexity index is 511. The predicted molar refractivity (Wildman–Crippen MR) is 76.9 cm³/mol. The first kappa shape index (κ1) is 13.2. The van der Waals surface area contributed by atoms with Crippen molar-refractivity contribution in [2.75, 3.05) is 0 Å². The maximum atomic E-state index is 5.66. The Morgan fingerprint density at radius 3 is 2.61 bits per heavy atom. The Morgan fingerprint density at radius 2 is 2.00 bits per heavy atom. The van der Waals surface area contributed by atoms with Crippen molar-refractivity contribution in [1.29, 1.82) is 0 Å². The minimum absolute atomic E-state index is 0.0832. The summed E-state index contributed by atoms with van der Waals surface area (Å²) in [5, 5.41) is 0. The van der Waals surface area contributed by atoms with Crippen LogP contribution in [0.2, 0.25) is 0 Å². The molecule has 1 heterocycles. The van der Waals surface area contributed by atoms with Gasteiger partial charge in [0.25, 0.3) is 0 Å². The van der Waals surface area contributed by atoms with Crippen LogP contribution in [0.5, 0.6) is 0 Å². The largest absolute Gasteiger partial charge is 0.271 e. The van der Waals surface area contributed by atoms with Crippen molar-refractivity contribution in [2.45, 2.75) is 19.4 Å². The number of aromatic nitrogens is 1. The molecular weight excluding hydrogens is 290 g/mol. The van der Waals surface area contributed by atoms with Crippen LogP contribution in [-0.4, -0.2) is 4.98 Å². The van der Waals surface area contributed by atoms with Gasteiger partial charge in [-0.3, -0.25) is 16.3 Å². The van der Waals surface area contributed by atoms with Gasteiger partial charge in [-0.05, 0) is 42.7 Å². The standard InChI is InChI=1S/C14H16BrN3/c1-10-13(3-2-8-17-10)14(18-16)9-11-4-6-12(15)7-5-11/h2-8,14,18H,9,16H2,1H3. The molecule has 3 N–H and O–H groups in total. The van der Waals surface area contributed by atoms with Gasteiger partial charge in [0, 0.05) is 16.4 Å². The molecule has 1 aromatic carbocycles. The van der Waals surface area contributed by atoms with Crippen LogP contribution in [0, 0.1) is 6.92 Å². The van der Waals surface area contributed by atoms with Gasteiger partial charge in [-0.2, -0.15) is 0 Å². The fourth-order valence-corrected chi connectivity index (χ4v) is 2.24. The van der Waals surface area contributed by atoms with Crippen molar-refractivity contribution in [3.8, 4) is 0 Å². The molecular formula is C14H16BrN3. The van der Waals surface area contributed by atoms with E-state index in [-0.39, 0.29) is 6.04 Å². The SMILES string of the molecule is Cc1ncccc1C(Cc1ccc(Br)cc1)NN. The molecule has 18 heavy (non-hydrogen) atoms. The molecule has 0 aliphatic carbocycles. The van der Waals surface area contributed by atoms with Gasteiger partial charge in [0.1, 0.15) is 0 Å². The zero-order valence-electron chi connectivity index (χ0n) is 10.2. The number of pyridine rings is 1. The maximum Gasteiger partial charge on any atom is 0.0518 e. The van der Waals surface area contributed by atoms with Crippen molar-refractivity contribution in [3.63, 3.8) is 0 Å². The second-order valence-corrected chi connectivity index (χ2v) is 5.14. The van der Waals surface area contributed by atoms with Crippen molar-refractivity contribution < 1.29 is 0 Å². The summed E-state index contributed by atoms with van der Waals surface area (Å²) in [6, 6.07) is 12.4. The number of hydrazine groups is 1. The molecule has 94 valence electrons. The summed E-state index contributed by atoms with van der Waals surface area (Å²) in [6.07, 6.45) is 2.64. The first-order valence-electron chi connectivity index (χ1n) is 5.83. The average Bonchev–Trinajstić information content (AvgIpc) is 2.39. The number of aryl methyl sites for hydroxylation is 1. The minimum atomic E-state index is 0.0832. The van der Waals surface area contributed by atoms with Crippen LogP contribution in [0.25, 0.3) is 0 Å². The van der Waals surface area contributed by atoms with Crippen LogP contribution in [-0.2, 0) is 6.42 Å². The number of benzene rings is 1. The molecule has 4 heteroatoms. The zero-order valence-corrected chi connectivity index (χ0v) is 11.8. The van der Waals surface area contributed by atoms with Crippen molar-refractivity contribution >= 4 is 15.9 Å². The van der Waals surface area contributed by atoms with Crippen molar-refractivity contribution in [3.05, 3.63) is 63.9 Å². The number of rotatable bonds is 4. The van der Waals surface area contributed by atoms with Crippen LogP contribution < -0.4 is 11.3 Å². The van der Waals surface area contributed by atoms with E-state index in [2.05, 4.69) is 44.5 Å². The number of nitrogens with two attached hydrogens (primary N) is 1. The lowest BCUT2D eigenvalue weighted by molar-refractivity contribution is 0.547. The molecule has 0 saturated heterocycles.